The minimum atomic E-state index is -0.750. The number of nitrogens with two attached hydrogens (primary N) is 1. The lowest BCUT2D eigenvalue weighted by Gasteiger charge is -2.32. The second-order valence-corrected chi connectivity index (χ2v) is 5.84. The van der Waals surface area contributed by atoms with Gasteiger partial charge in [0.05, 0.1) is 12.1 Å². The van der Waals surface area contributed by atoms with Gasteiger partial charge < -0.3 is 16.0 Å². The third kappa shape index (κ3) is 4.35. The van der Waals surface area contributed by atoms with Crippen molar-refractivity contribution in [3.63, 3.8) is 0 Å². The monoisotopic (exact) mass is 303 g/mol. The third-order valence-corrected chi connectivity index (χ3v) is 4.31. The summed E-state index contributed by atoms with van der Waals surface area (Å²) in [6.45, 7) is 1.74. The van der Waals surface area contributed by atoms with Gasteiger partial charge >= 0.3 is 0 Å². The zero-order valence-electron chi connectivity index (χ0n) is 12.0. The molecular weight excluding hydrogens is 278 g/mol. The summed E-state index contributed by atoms with van der Waals surface area (Å²) in [6.07, 6.45) is 7.96. The summed E-state index contributed by atoms with van der Waals surface area (Å²) >= 11 is 0. The van der Waals surface area contributed by atoms with Crippen LogP contribution in [0.5, 0.6) is 0 Å². The Bertz CT molecular complexity index is 337. The van der Waals surface area contributed by atoms with Gasteiger partial charge in [-0.05, 0) is 32.1 Å². The number of likely N-dealkylation sites (tertiary alicyclic amines) is 1. The maximum absolute atomic E-state index is 12.1. The highest BCUT2D eigenvalue weighted by atomic mass is 35.5. The fraction of sp³-hybridized carbons (Fsp3) is 0.857. The molecule has 20 heavy (non-hydrogen) atoms. The number of nitrogens with one attached hydrogen (secondary N) is 1. The van der Waals surface area contributed by atoms with Crippen LogP contribution in [0.1, 0.15) is 51.4 Å². The van der Waals surface area contributed by atoms with Gasteiger partial charge in [0, 0.05) is 13.1 Å². The Balaban J connectivity index is 0.00000200. The number of nitrogens with zero attached hydrogens (tertiary/aromatic N) is 1. The van der Waals surface area contributed by atoms with Crippen LogP contribution in [0.25, 0.3) is 0 Å². The highest BCUT2D eigenvalue weighted by molar-refractivity contribution is 5.90. The molecule has 0 atom stereocenters. The summed E-state index contributed by atoms with van der Waals surface area (Å²) in [5, 5.41) is 2.73. The Kier molecular flexibility index (Phi) is 6.76. The van der Waals surface area contributed by atoms with Gasteiger partial charge in [-0.2, -0.15) is 0 Å². The van der Waals surface area contributed by atoms with Gasteiger partial charge in [-0.1, -0.05) is 19.3 Å². The number of rotatable bonds is 3. The van der Waals surface area contributed by atoms with E-state index in [2.05, 4.69) is 5.32 Å². The lowest BCUT2D eigenvalue weighted by Crippen LogP contribution is -2.56. The van der Waals surface area contributed by atoms with E-state index in [1.165, 1.54) is 6.42 Å². The molecule has 1 heterocycles. The highest BCUT2D eigenvalue weighted by Crippen LogP contribution is 2.25. The molecule has 116 valence electrons. The molecule has 0 unspecified atom stereocenters. The molecule has 2 rings (SSSR count). The number of hydrogen-bond acceptors (Lipinski definition) is 3. The topological polar surface area (TPSA) is 75.4 Å². The molecule has 0 aromatic heterocycles. The van der Waals surface area contributed by atoms with E-state index in [-0.39, 0.29) is 30.8 Å². The van der Waals surface area contributed by atoms with Crippen LogP contribution in [-0.2, 0) is 9.59 Å². The standard InChI is InChI=1S/C14H25N3O2.ClH/c15-14(7-3-1-4-8-14)13(19)16-11-12(18)17-9-5-2-6-10-17;/h1-11,15H2,(H,16,19);1H. The SMILES string of the molecule is Cl.NC1(C(=O)NCC(=O)N2CCCCC2)CCCCC1. The number of hydrogen-bond donors (Lipinski definition) is 2. The minimum absolute atomic E-state index is 0. The van der Waals surface area contributed by atoms with E-state index in [4.69, 9.17) is 5.73 Å². The molecule has 0 aromatic rings. The second kappa shape index (κ2) is 7.84. The minimum Gasteiger partial charge on any atom is -0.345 e. The van der Waals surface area contributed by atoms with E-state index in [0.717, 1.165) is 58.0 Å². The van der Waals surface area contributed by atoms with Gasteiger partial charge in [0.15, 0.2) is 0 Å². The van der Waals surface area contributed by atoms with Gasteiger partial charge in [0.25, 0.3) is 0 Å². The van der Waals surface area contributed by atoms with Crippen LogP contribution in [0.3, 0.4) is 0 Å². The molecule has 2 amide bonds. The van der Waals surface area contributed by atoms with Crippen molar-refractivity contribution in [3.8, 4) is 0 Å². The molecular formula is C14H26ClN3O2. The van der Waals surface area contributed by atoms with Gasteiger partial charge in [-0.3, -0.25) is 9.59 Å². The molecule has 0 spiro atoms. The first kappa shape index (κ1) is 17.2. The third-order valence-electron chi connectivity index (χ3n) is 4.31. The zero-order valence-corrected chi connectivity index (χ0v) is 12.8. The molecule has 6 heteroatoms. The van der Waals surface area contributed by atoms with E-state index >= 15 is 0 Å². The van der Waals surface area contributed by atoms with E-state index in [1.807, 2.05) is 4.90 Å². The summed E-state index contributed by atoms with van der Waals surface area (Å²) in [4.78, 5) is 25.9. The van der Waals surface area contributed by atoms with E-state index in [0.29, 0.717) is 0 Å². The number of amides is 2. The molecule has 1 aliphatic carbocycles. The maximum atomic E-state index is 12.1. The largest absolute Gasteiger partial charge is 0.345 e. The Morgan fingerprint density at radius 1 is 1.00 bits per heavy atom. The van der Waals surface area contributed by atoms with Gasteiger partial charge in [0.1, 0.15) is 0 Å². The highest BCUT2D eigenvalue weighted by Gasteiger charge is 2.35. The number of piperidine rings is 1. The van der Waals surface area contributed by atoms with Crippen molar-refractivity contribution >= 4 is 24.2 Å². The lowest BCUT2D eigenvalue weighted by molar-refractivity contribution is -0.135. The average molecular weight is 304 g/mol. The first-order valence-electron chi connectivity index (χ1n) is 7.47. The van der Waals surface area contributed by atoms with E-state index in [9.17, 15) is 9.59 Å². The Morgan fingerprint density at radius 3 is 2.15 bits per heavy atom. The normalized spacial score (nSPS) is 21.8. The van der Waals surface area contributed by atoms with Crippen LogP contribution in [-0.4, -0.2) is 41.9 Å². The second-order valence-electron chi connectivity index (χ2n) is 5.84. The van der Waals surface area contributed by atoms with Crippen LogP contribution >= 0.6 is 12.4 Å². The average Bonchev–Trinajstić information content (AvgIpc) is 2.46. The summed E-state index contributed by atoms with van der Waals surface area (Å²) in [6, 6.07) is 0. The van der Waals surface area contributed by atoms with Gasteiger partial charge in [-0.25, -0.2) is 0 Å². The van der Waals surface area contributed by atoms with Crippen molar-refractivity contribution in [1.29, 1.82) is 0 Å². The fourth-order valence-electron chi connectivity index (χ4n) is 3.00. The zero-order chi connectivity index (χ0) is 13.7. The van der Waals surface area contributed by atoms with Crippen molar-refractivity contribution in [2.24, 2.45) is 5.73 Å². The van der Waals surface area contributed by atoms with Crippen molar-refractivity contribution in [1.82, 2.24) is 10.2 Å². The predicted octanol–water partition coefficient (Wildman–Crippen LogP) is 1.20. The molecule has 0 radical (unpaired) electrons. The van der Waals surface area contributed by atoms with Crippen molar-refractivity contribution < 1.29 is 9.59 Å². The van der Waals surface area contributed by atoms with Crippen LogP contribution in [0, 0.1) is 0 Å². The first-order chi connectivity index (χ1) is 9.12. The van der Waals surface area contributed by atoms with Crippen LogP contribution in [0.15, 0.2) is 0 Å². The van der Waals surface area contributed by atoms with Crippen LogP contribution < -0.4 is 11.1 Å². The molecule has 1 saturated carbocycles. The first-order valence-corrected chi connectivity index (χ1v) is 7.47. The summed E-state index contributed by atoms with van der Waals surface area (Å²) in [5.74, 6) is -0.134. The molecule has 0 bridgehead atoms. The van der Waals surface area contributed by atoms with E-state index < -0.39 is 5.54 Å². The summed E-state index contributed by atoms with van der Waals surface area (Å²) < 4.78 is 0. The molecule has 1 saturated heterocycles. The fourth-order valence-corrected chi connectivity index (χ4v) is 3.00. The number of carbonyl (C=O) groups excluding carboxylic acids is 2. The molecule has 3 N–H and O–H groups in total. The Morgan fingerprint density at radius 2 is 1.55 bits per heavy atom. The lowest BCUT2D eigenvalue weighted by atomic mass is 9.82. The summed E-state index contributed by atoms with van der Waals surface area (Å²) in [7, 11) is 0. The smallest absolute Gasteiger partial charge is 0.241 e. The van der Waals surface area contributed by atoms with Crippen LogP contribution in [0.2, 0.25) is 0 Å². The molecule has 0 aromatic carbocycles. The number of carbonyl (C=O) groups is 2. The van der Waals surface area contributed by atoms with Crippen molar-refractivity contribution in [3.05, 3.63) is 0 Å². The van der Waals surface area contributed by atoms with Gasteiger partial charge in [-0.15, -0.1) is 12.4 Å². The molecule has 2 aliphatic rings. The van der Waals surface area contributed by atoms with Crippen molar-refractivity contribution in [2.75, 3.05) is 19.6 Å². The molecule has 1 aliphatic heterocycles. The number of halogens is 1. The predicted molar refractivity (Wildman–Crippen MR) is 80.7 cm³/mol. The summed E-state index contributed by atoms with van der Waals surface area (Å²) in [5.41, 5.74) is 5.38. The van der Waals surface area contributed by atoms with Gasteiger partial charge in [0.2, 0.25) is 11.8 Å². The maximum Gasteiger partial charge on any atom is 0.241 e. The molecule has 5 nitrogen and oxygen atoms in total. The van der Waals surface area contributed by atoms with Crippen molar-refractivity contribution in [2.45, 2.75) is 56.9 Å². The van der Waals surface area contributed by atoms with Crippen LogP contribution in [0.4, 0.5) is 0 Å². The quantitative estimate of drug-likeness (QED) is 0.822. The molecule has 2 fully saturated rings. The van der Waals surface area contributed by atoms with E-state index in [1.54, 1.807) is 0 Å². The Hall–Kier alpha value is -0.810. The Labute approximate surface area is 127 Å².